The van der Waals surface area contributed by atoms with Crippen molar-refractivity contribution >= 4 is 0 Å². The van der Waals surface area contributed by atoms with Gasteiger partial charge in [0.05, 0.1) is 24.6 Å². The van der Waals surface area contributed by atoms with Gasteiger partial charge in [0.2, 0.25) is 0 Å². The predicted molar refractivity (Wildman–Crippen MR) is 67.4 cm³/mol. The highest BCUT2D eigenvalue weighted by atomic mass is 16.5. The van der Waals surface area contributed by atoms with Crippen molar-refractivity contribution in [2.45, 2.75) is 32.5 Å². The molecule has 4 heteroatoms. The number of morpholine rings is 1. The van der Waals surface area contributed by atoms with E-state index < -0.39 is 0 Å². The first-order valence-corrected chi connectivity index (χ1v) is 6.30. The fourth-order valence-electron chi connectivity index (χ4n) is 2.21. The van der Waals surface area contributed by atoms with Crippen molar-refractivity contribution in [3.8, 4) is 0 Å². The third kappa shape index (κ3) is 3.25. The molecule has 0 spiro atoms. The van der Waals surface area contributed by atoms with Crippen LogP contribution in [0.2, 0.25) is 0 Å². The van der Waals surface area contributed by atoms with Gasteiger partial charge in [0.1, 0.15) is 0 Å². The lowest BCUT2D eigenvalue weighted by atomic mass is 10.1. The molecule has 1 aromatic heterocycles. The van der Waals surface area contributed by atoms with Gasteiger partial charge >= 0.3 is 0 Å². The third-order valence-electron chi connectivity index (χ3n) is 3.26. The number of pyridine rings is 1. The predicted octanol–water partition coefficient (Wildman–Crippen LogP) is 1.15. The summed E-state index contributed by atoms with van der Waals surface area (Å²) in [5.74, 6) is 0. The molecule has 1 atom stereocenters. The molecule has 2 heterocycles. The van der Waals surface area contributed by atoms with Crippen LogP contribution in [-0.4, -0.2) is 35.7 Å². The van der Waals surface area contributed by atoms with E-state index in [-0.39, 0.29) is 0 Å². The molecule has 1 saturated heterocycles. The summed E-state index contributed by atoms with van der Waals surface area (Å²) in [6.07, 6.45) is 1.12. The second kappa shape index (κ2) is 6.10. The molecule has 1 aliphatic rings. The first-order chi connectivity index (χ1) is 8.33. The average Bonchev–Trinajstić information content (AvgIpc) is 2.39. The van der Waals surface area contributed by atoms with E-state index in [1.54, 1.807) is 0 Å². The van der Waals surface area contributed by atoms with Gasteiger partial charge in [-0.25, -0.2) is 0 Å². The molecule has 1 unspecified atom stereocenters. The molecule has 0 aromatic carbocycles. The Balaban J connectivity index is 2.02. The Kier molecular flexibility index (Phi) is 4.48. The van der Waals surface area contributed by atoms with Crippen LogP contribution in [0.1, 0.15) is 24.7 Å². The van der Waals surface area contributed by atoms with E-state index in [4.69, 9.17) is 10.5 Å². The van der Waals surface area contributed by atoms with Crippen molar-refractivity contribution in [1.82, 2.24) is 9.88 Å². The molecule has 0 radical (unpaired) electrons. The van der Waals surface area contributed by atoms with E-state index >= 15 is 0 Å². The Morgan fingerprint density at radius 1 is 1.47 bits per heavy atom. The molecular weight excluding hydrogens is 214 g/mol. The highest BCUT2D eigenvalue weighted by Crippen LogP contribution is 2.13. The highest BCUT2D eigenvalue weighted by Gasteiger charge is 2.21. The molecule has 1 aromatic rings. The Morgan fingerprint density at radius 3 is 3.06 bits per heavy atom. The minimum Gasteiger partial charge on any atom is -0.378 e. The summed E-state index contributed by atoms with van der Waals surface area (Å²) in [4.78, 5) is 7.00. The zero-order valence-corrected chi connectivity index (χ0v) is 10.4. The van der Waals surface area contributed by atoms with E-state index in [0.717, 1.165) is 44.1 Å². The summed E-state index contributed by atoms with van der Waals surface area (Å²) in [6.45, 7) is 6.27. The Morgan fingerprint density at radius 2 is 2.29 bits per heavy atom. The summed E-state index contributed by atoms with van der Waals surface area (Å²) < 4.78 is 5.50. The van der Waals surface area contributed by atoms with E-state index in [0.29, 0.717) is 12.6 Å². The zero-order chi connectivity index (χ0) is 12.1. The number of hydrogen-bond acceptors (Lipinski definition) is 4. The number of ether oxygens (including phenoxy) is 1. The van der Waals surface area contributed by atoms with Crippen LogP contribution in [0, 0.1) is 0 Å². The van der Waals surface area contributed by atoms with Crippen LogP contribution >= 0.6 is 0 Å². The van der Waals surface area contributed by atoms with Gasteiger partial charge in [0, 0.05) is 25.7 Å². The van der Waals surface area contributed by atoms with Crippen LogP contribution in [0.3, 0.4) is 0 Å². The zero-order valence-electron chi connectivity index (χ0n) is 10.4. The molecule has 0 amide bonds. The van der Waals surface area contributed by atoms with E-state index in [1.165, 1.54) is 0 Å². The van der Waals surface area contributed by atoms with Gasteiger partial charge in [-0.1, -0.05) is 13.0 Å². The van der Waals surface area contributed by atoms with Crippen molar-refractivity contribution in [3.63, 3.8) is 0 Å². The van der Waals surface area contributed by atoms with Gasteiger partial charge in [0.25, 0.3) is 0 Å². The number of nitrogens with two attached hydrogens (primary N) is 1. The van der Waals surface area contributed by atoms with E-state index in [9.17, 15) is 0 Å². The minimum absolute atomic E-state index is 0.508. The van der Waals surface area contributed by atoms with Crippen molar-refractivity contribution in [3.05, 3.63) is 29.6 Å². The van der Waals surface area contributed by atoms with Crippen molar-refractivity contribution in [2.75, 3.05) is 19.8 Å². The van der Waals surface area contributed by atoms with Crippen LogP contribution in [0.15, 0.2) is 18.2 Å². The van der Waals surface area contributed by atoms with Crippen molar-refractivity contribution in [2.24, 2.45) is 5.73 Å². The topological polar surface area (TPSA) is 51.4 Å². The lowest BCUT2D eigenvalue weighted by Crippen LogP contribution is -2.44. The maximum Gasteiger partial charge on any atom is 0.0622 e. The van der Waals surface area contributed by atoms with Gasteiger partial charge in [-0.3, -0.25) is 9.88 Å². The summed E-state index contributed by atoms with van der Waals surface area (Å²) >= 11 is 0. The standard InChI is InChI=1S/C13H21N3O/c1-2-13-10-17-7-6-16(13)9-12-5-3-4-11(8-14)15-12/h3-5,13H,2,6-10,14H2,1H3. The maximum absolute atomic E-state index is 5.61. The summed E-state index contributed by atoms with van der Waals surface area (Å²) in [5, 5.41) is 0. The largest absolute Gasteiger partial charge is 0.378 e. The van der Waals surface area contributed by atoms with Crippen molar-refractivity contribution < 1.29 is 4.74 Å². The number of aromatic nitrogens is 1. The molecule has 0 aliphatic carbocycles. The first kappa shape index (κ1) is 12.5. The molecular formula is C13H21N3O. The van der Waals surface area contributed by atoms with Crippen molar-refractivity contribution in [1.29, 1.82) is 0 Å². The summed E-state index contributed by atoms with van der Waals surface area (Å²) in [6, 6.07) is 6.60. The number of nitrogens with zero attached hydrogens (tertiary/aromatic N) is 2. The quantitative estimate of drug-likeness (QED) is 0.850. The molecule has 0 saturated carbocycles. The Bertz CT molecular complexity index is 356. The van der Waals surface area contributed by atoms with Gasteiger partial charge in [0.15, 0.2) is 0 Å². The Hall–Kier alpha value is -0.970. The summed E-state index contributed by atoms with van der Waals surface area (Å²) in [5.41, 5.74) is 7.68. The fraction of sp³-hybridized carbons (Fsp3) is 0.615. The van der Waals surface area contributed by atoms with Gasteiger partial charge in [-0.15, -0.1) is 0 Å². The molecule has 94 valence electrons. The maximum atomic E-state index is 5.61. The molecule has 0 bridgehead atoms. The monoisotopic (exact) mass is 235 g/mol. The lowest BCUT2D eigenvalue weighted by Gasteiger charge is -2.34. The van der Waals surface area contributed by atoms with Gasteiger partial charge < -0.3 is 10.5 Å². The average molecular weight is 235 g/mol. The smallest absolute Gasteiger partial charge is 0.0622 e. The molecule has 1 aliphatic heterocycles. The second-order valence-electron chi connectivity index (χ2n) is 4.43. The van der Waals surface area contributed by atoms with E-state index in [1.807, 2.05) is 12.1 Å². The van der Waals surface area contributed by atoms with E-state index in [2.05, 4.69) is 22.9 Å². The van der Waals surface area contributed by atoms with Crippen LogP contribution in [0.4, 0.5) is 0 Å². The highest BCUT2D eigenvalue weighted by molar-refractivity contribution is 5.11. The molecule has 2 N–H and O–H groups in total. The molecule has 4 nitrogen and oxygen atoms in total. The van der Waals surface area contributed by atoms with Crippen LogP contribution in [0.5, 0.6) is 0 Å². The lowest BCUT2D eigenvalue weighted by molar-refractivity contribution is -0.0132. The number of rotatable bonds is 4. The van der Waals surface area contributed by atoms with Crippen LogP contribution in [0.25, 0.3) is 0 Å². The number of hydrogen-bond donors (Lipinski definition) is 1. The fourth-order valence-corrected chi connectivity index (χ4v) is 2.21. The van der Waals surface area contributed by atoms with Crippen LogP contribution < -0.4 is 5.73 Å². The van der Waals surface area contributed by atoms with Crippen LogP contribution in [-0.2, 0) is 17.8 Å². The SMILES string of the molecule is CCC1COCCN1Cc1cccc(CN)n1. The Labute approximate surface area is 103 Å². The summed E-state index contributed by atoms with van der Waals surface area (Å²) in [7, 11) is 0. The molecule has 2 rings (SSSR count). The molecule has 1 fully saturated rings. The van der Waals surface area contributed by atoms with Gasteiger partial charge in [-0.05, 0) is 18.6 Å². The normalized spacial score (nSPS) is 21.6. The third-order valence-corrected chi connectivity index (χ3v) is 3.26. The first-order valence-electron chi connectivity index (χ1n) is 6.30. The second-order valence-corrected chi connectivity index (χ2v) is 4.43. The molecule has 17 heavy (non-hydrogen) atoms. The van der Waals surface area contributed by atoms with Gasteiger partial charge in [-0.2, -0.15) is 0 Å². The minimum atomic E-state index is 0.508.